The fraction of sp³-hybridized carbons (Fsp3) is 0.484. The molecule has 2 heterocycles. The van der Waals surface area contributed by atoms with Gasteiger partial charge in [-0.2, -0.15) is 5.21 Å². The number of rotatable bonds is 9. The van der Waals surface area contributed by atoms with Gasteiger partial charge in [-0.25, -0.2) is 0 Å². The first-order valence-corrected chi connectivity index (χ1v) is 14.9. The van der Waals surface area contributed by atoms with Gasteiger partial charge in [-0.3, -0.25) is 14.6 Å². The maximum absolute atomic E-state index is 14.3. The van der Waals surface area contributed by atoms with E-state index in [1.165, 1.54) is 0 Å². The maximum Gasteiger partial charge on any atom is 0.275 e. The van der Waals surface area contributed by atoms with Crippen molar-refractivity contribution in [2.24, 2.45) is 16.8 Å². The molecule has 0 saturated heterocycles. The summed E-state index contributed by atoms with van der Waals surface area (Å²) < 4.78 is 0. The third-order valence-corrected chi connectivity index (χ3v) is 8.73. The van der Waals surface area contributed by atoms with Crippen LogP contribution in [0.25, 0.3) is 0 Å². The average Bonchev–Trinajstić information content (AvgIpc) is 3.57. The van der Waals surface area contributed by atoms with Crippen LogP contribution in [-0.4, -0.2) is 48.7 Å². The molecule has 1 spiro atoms. The molecule has 3 aromatic rings. The molecule has 1 fully saturated rings. The highest BCUT2D eigenvalue weighted by Gasteiger charge is 2.51. The number of hydrogen-bond donors (Lipinski definition) is 2. The Kier molecular flexibility index (Phi) is 8.54. The Hall–Kier alpha value is -3.59. The smallest absolute Gasteiger partial charge is 0.275 e. The topological polar surface area (TPSA) is 116 Å². The number of nitrogens with one attached hydrogen (secondary N) is 2. The Morgan fingerprint density at radius 2 is 1.90 bits per heavy atom. The molecule has 0 bridgehead atoms. The van der Waals surface area contributed by atoms with E-state index >= 15 is 0 Å². The summed E-state index contributed by atoms with van der Waals surface area (Å²) in [5, 5.41) is 17.0. The fourth-order valence-corrected chi connectivity index (χ4v) is 6.61. The maximum atomic E-state index is 14.3. The summed E-state index contributed by atoms with van der Waals surface area (Å²) in [7, 11) is 0. The molecule has 2 amide bonds. The van der Waals surface area contributed by atoms with Crippen LogP contribution in [0, 0.1) is 18.8 Å². The lowest BCUT2D eigenvalue weighted by molar-refractivity contribution is -0.133. The van der Waals surface area contributed by atoms with Crippen LogP contribution in [0.15, 0.2) is 47.5 Å². The van der Waals surface area contributed by atoms with Gasteiger partial charge in [0.15, 0.2) is 5.82 Å². The highest BCUT2D eigenvalue weighted by Crippen LogP contribution is 2.48. The minimum Gasteiger partial charge on any atom is -0.345 e. The zero-order valence-corrected chi connectivity index (χ0v) is 24.9. The Bertz CT molecular complexity index is 1390. The van der Waals surface area contributed by atoms with E-state index in [1.54, 1.807) is 0 Å². The molecule has 9 nitrogen and oxygen atoms in total. The quantitative estimate of drug-likeness (QED) is 0.334. The highest BCUT2D eigenvalue weighted by atomic mass is 35.5. The van der Waals surface area contributed by atoms with Gasteiger partial charge in [-0.15, -0.1) is 10.2 Å². The van der Waals surface area contributed by atoms with Crippen molar-refractivity contribution >= 4 is 29.1 Å². The summed E-state index contributed by atoms with van der Waals surface area (Å²) in [6.45, 7) is 8.86. The summed E-state index contributed by atoms with van der Waals surface area (Å²) in [6, 6.07) is 13.1. The largest absolute Gasteiger partial charge is 0.345 e. The SMILES string of the molecule is CCC[C@H](c1ccc(C(=O)NCc2nn[nH]n2)cc1)N1C(=O)C(c2cc(C)cc(Cl)c2)=NC12CCC(C(C)C)CC2. The molecule has 216 valence electrons. The van der Waals surface area contributed by atoms with Gasteiger partial charge in [0, 0.05) is 16.1 Å². The van der Waals surface area contributed by atoms with E-state index in [-0.39, 0.29) is 24.4 Å². The Labute approximate surface area is 246 Å². The number of aromatic amines is 1. The molecule has 1 atom stereocenters. The molecule has 2 aromatic carbocycles. The molecule has 2 aliphatic rings. The van der Waals surface area contributed by atoms with Crippen LogP contribution in [0.2, 0.25) is 5.02 Å². The molecule has 1 aliphatic heterocycles. The molecule has 10 heteroatoms. The number of halogens is 1. The van der Waals surface area contributed by atoms with Gasteiger partial charge in [0.1, 0.15) is 11.4 Å². The van der Waals surface area contributed by atoms with E-state index in [0.29, 0.717) is 34.0 Å². The first kappa shape index (κ1) is 28.9. The third-order valence-electron chi connectivity index (χ3n) is 8.51. The minimum absolute atomic E-state index is 0.0463. The molecule has 2 N–H and O–H groups in total. The van der Waals surface area contributed by atoms with Crippen molar-refractivity contribution in [1.82, 2.24) is 30.8 Å². The van der Waals surface area contributed by atoms with E-state index in [9.17, 15) is 9.59 Å². The summed E-state index contributed by atoms with van der Waals surface area (Å²) in [5.74, 6) is 1.36. The molecular weight excluding hydrogens is 538 g/mol. The minimum atomic E-state index is -0.589. The molecule has 5 rings (SSSR count). The number of carbonyl (C=O) groups excluding carboxylic acids is 2. The lowest BCUT2D eigenvalue weighted by Gasteiger charge is -2.46. The first-order valence-electron chi connectivity index (χ1n) is 14.5. The predicted octanol–water partition coefficient (Wildman–Crippen LogP) is 5.81. The number of carbonyl (C=O) groups is 2. The third kappa shape index (κ3) is 6.05. The van der Waals surface area contributed by atoms with E-state index in [0.717, 1.165) is 55.2 Å². The molecule has 0 radical (unpaired) electrons. The van der Waals surface area contributed by atoms with Crippen molar-refractivity contribution in [3.63, 3.8) is 0 Å². The van der Waals surface area contributed by atoms with Crippen molar-refractivity contribution in [1.29, 1.82) is 0 Å². The van der Waals surface area contributed by atoms with Gasteiger partial charge in [0.2, 0.25) is 0 Å². The second-order valence-corrected chi connectivity index (χ2v) is 12.1. The molecule has 41 heavy (non-hydrogen) atoms. The standard InChI is InChI=1S/C31H38ClN7O2/c1-5-6-26(22-7-9-23(10-8-22)29(40)33-18-27-35-37-38-36-27)39-30(41)28(24-15-20(4)16-25(32)17-24)34-31(39)13-11-21(12-14-31)19(2)3/h7-10,15-17,19,21,26H,5-6,11-14,18H2,1-4H3,(H,33,40)(H,35,36,37,38)/t21?,26-,31?/m1/s1. The van der Waals surface area contributed by atoms with Crippen molar-refractivity contribution in [3.8, 4) is 0 Å². The highest BCUT2D eigenvalue weighted by molar-refractivity contribution is 6.47. The monoisotopic (exact) mass is 575 g/mol. The lowest BCUT2D eigenvalue weighted by Crippen LogP contribution is -2.51. The number of tetrazole rings is 1. The zero-order valence-electron chi connectivity index (χ0n) is 24.2. The second kappa shape index (κ2) is 12.1. The fourth-order valence-electron chi connectivity index (χ4n) is 6.32. The van der Waals surface area contributed by atoms with Gasteiger partial charge in [0.25, 0.3) is 11.8 Å². The number of H-pyrrole nitrogens is 1. The van der Waals surface area contributed by atoms with Crippen molar-refractivity contribution in [2.75, 3.05) is 0 Å². The van der Waals surface area contributed by atoms with E-state index < -0.39 is 5.66 Å². The summed E-state index contributed by atoms with van der Waals surface area (Å²) in [5.41, 5.74) is 3.21. The summed E-state index contributed by atoms with van der Waals surface area (Å²) in [4.78, 5) is 34.4. The zero-order chi connectivity index (χ0) is 29.1. The van der Waals surface area contributed by atoms with Crippen LogP contribution in [0.3, 0.4) is 0 Å². The van der Waals surface area contributed by atoms with Crippen LogP contribution in [0.4, 0.5) is 0 Å². The van der Waals surface area contributed by atoms with E-state index in [2.05, 4.69) is 51.6 Å². The van der Waals surface area contributed by atoms with Gasteiger partial charge in [0.05, 0.1) is 12.6 Å². The van der Waals surface area contributed by atoms with Gasteiger partial charge >= 0.3 is 0 Å². The normalized spacial score (nSPS) is 21.4. The van der Waals surface area contributed by atoms with Crippen LogP contribution in [0.1, 0.15) is 98.2 Å². The summed E-state index contributed by atoms with van der Waals surface area (Å²) in [6.07, 6.45) is 5.43. The molecular formula is C31H38ClN7O2. The van der Waals surface area contributed by atoms with Crippen molar-refractivity contribution in [3.05, 3.63) is 75.6 Å². The van der Waals surface area contributed by atoms with Gasteiger partial charge in [-0.05, 0) is 92.3 Å². The van der Waals surface area contributed by atoms with E-state index in [4.69, 9.17) is 16.6 Å². The van der Waals surface area contributed by atoms with E-state index in [1.807, 2.05) is 49.4 Å². The number of nitrogens with zero attached hydrogens (tertiary/aromatic N) is 5. The Morgan fingerprint density at radius 1 is 1.17 bits per heavy atom. The van der Waals surface area contributed by atoms with Gasteiger partial charge in [-0.1, -0.05) is 56.1 Å². The number of benzene rings is 2. The number of hydrogen-bond acceptors (Lipinski definition) is 6. The molecule has 0 unspecified atom stereocenters. The lowest BCUT2D eigenvalue weighted by atomic mass is 9.76. The number of aryl methyl sites for hydroxylation is 1. The average molecular weight is 576 g/mol. The summed E-state index contributed by atoms with van der Waals surface area (Å²) >= 11 is 6.42. The molecule has 1 saturated carbocycles. The Balaban J connectivity index is 1.46. The number of amides is 2. The molecule has 1 aromatic heterocycles. The van der Waals surface area contributed by atoms with Crippen LogP contribution in [0.5, 0.6) is 0 Å². The molecule has 1 aliphatic carbocycles. The number of aromatic nitrogens is 4. The van der Waals surface area contributed by atoms with Crippen LogP contribution in [-0.2, 0) is 11.3 Å². The van der Waals surface area contributed by atoms with Gasteiger partial charge < -0.3 is 10.2 Å². The van der Waals surface area contributed by atoms with Crippen molar-refractivity contribution in [2.45, 2.75) is 84.5 Å². The second-order valence-electron chi connectivity index (χ2n) is 11.7. The first-order chi connectivity index (χ1) is 19.7. The van der Waals surface area contributed by atoms with Crippen LogP contribution >= 0.6 is 11.6 Å². The van der Waals surface area contributed by atoms with Crippen LogP contribution < -0.4 is 5.32 Å². The van der Waals surface area contributed by atoms with Crippen molar-refractivity contribution < 1.29 is 9.59 Å². The predicted molar refractivity (Wildman–Crippen MR) is 159 cm³/mol. The Morgan fingerprint density at radius 3 is 2.51 bits per heavy atom. The number of aliphatic imine (C=N–C) groups is 1.